The average molecular weight is 346 g/mol. The summed E-state index contributed by atoms with van der Waals surface area (Å²) in [6.07, 6.45) is 5.56. The minimum Gasteiger partial charge on any atom is -0.331 e. The number of aryl methyl sites for hydroxylation is 1. The molecule has 2 aliphatic rings. The molecule has 2 heterocycles. The van der Waals surface area contributed by atoms with E-state index < -0.39 is 0 Å². The summed E-state index contributed by atoms with van der Waals surface area (Å²) in [4.78, 5) is 13.1. The molecule has 1 aliphatic heterocycles. The van der Waals surface area contributed by atoms with E-state index in [4.69, 9.17) is 0 Å². The minimum absolute atomic E-state index is 0.0406. The first-order valence-electron chi connectivity index (χ1n) is 8.23. The molecule has 0 saturated heterocycles. The standard InChI is InChI=1S/C17H19FN4OS/c18-12-5-2-4-11-13(7-8-24-16(11)12)20-17(23)21-14-6-1-3-10-9-19-22-15(10)14/h2,4-5,9,13-14H,1,3,6-8H2,(H,19,22)(H2,20,21,23)/t13-,14-/m0/s1. The summed E-state index contributed by atoms with van der Waals surface area (Å²) in [5, 5.41) is 13.1. The highest BCUT2D eigenvalue weighted by atomic mass is 32.2. The molecular formula is C17H19FN4OS. The Morgan fingerprint density at radius 1 is 1.29 bits per heavy atom. The molecule has 126 valence electrons. The smallest absolute Gasteiger partial charge is 0.315 e. The van der Waals surface area contributed by atoms with Gasteiger partial charge in [0.1, 0.15) is 5.82 Å². The predicted octanol–water partition coefficient (Wildman–Crippen LogP) is 3.46. The van der Waals surface area contributed by atoms with Crippen LogP contribution in [-0.4, -0.2) is 22.0 Å². The van der Waals surface area contributed by atoms with Crippen molar-refractivity contribution in [3.63, 3.8) is 0 Å². The molecule has 5 nitrogen and oxygen atoms in total. The van der Waals surface area contributed by atoms with E-state index in [1.165, 1.54) is 23.4 Å². The van der Waals surface area contributed by atoms with Crippen molar-refractivity contribution in [2.45, 2.75) is 42.7 Å². The molecule has 24 heavy (non-hydrogen) atoms. The lowest BCUT2D eigenvalue weighted by Gasteiger charge is -2.28. The number of hydrogen-bond donors (Lipinski definition) is 3. The number of thioether (sulfide) groups is 1. The van der Waals surface area contributed by atoms with Crippen molar-refractivity contribution >= 4 is 17.8 Å². The topological polar surface area (TPSA) is 69.8 Å². The number of amides is 2. The maximum absolute atomic E-state index is 13.9. The summed E-state index contributed by atoms with van der Waals surface area (Å²) in [5.74, 6) is 0.589. The van der Waals surface area contributed by atoms with E-state index in [1.54, 1.807) is 6.07 Å². The summed E-state index contributed by atoms with van der Waals surface area (Å²) < 4.78 is 13.9. The van der Waals surface area contributed by atoms with E-state index in [0.29, 0.717) is 4.90 Å². The van der Waals surface area contributed by atoms with Gasteiger partial charge in [0.25, 0.3) is 0 Å². The molecule has 0 fully saturated rings. The molecule has 0 spiro atoms. The Kier molecular flexibility index (Phi) is 4.18. The first-order valence-corrected chi connectivity index (χ1v) is 9.21. The first-order chi connectivity index (χ1) is 11.7. The van der Waals surface area contributed by atoms with Crippen molar-refractivity contribution in [2.75, 3.05) is 5.75 Å². The number of benzene rings is 1. The zero-order valence-corrected chi connectivity index (χ0v) is 14.0. The SMILES string of the molecule is O=C(N[C@H]1CCSc2c(F)cccc21)N[C@H]1CCCc2cn[nH]c21. The molecule has 3 N–H and O–H groups in total. The average Bonchev–Trinajstić information content (AvgIpc) is 3.06. The molecule has 1 aromatic carbocycles. The third-order valence-corrected chi connectivity index (χ3v) is 5.83. The molecule has 1 aliphatic carbocycles. The van der Waals surface area contributed by atoms with Crippen LogP contribution >= 0.6 is 11.8 Å². The molecule has 2 aromatic rings. The lowest BCUT2D eigenvalue weighted by Crippen LogP contribution is -2.41. The number of carbonyl (C=O) groups excluding carboxylic acids is 1. The van der Waals surface area contributed by atoms with Crippen LogP contribution in [-0.2, 0) is 6.42 Å². The number of carbonyl (C=O) groups is 1. The van der Waals surface area contributed by atoms with Gasteiger partial charge < -0.3 is 10.6 Å². The Morgan fingerprint density at radius 3 is 3.08 bits per heavy atom. The van der Waals surface area contributed by atoms with Gasteiger partial charge in [-0.2, -0.15) is 5.10 Å². The number of urea groups is 1. The molecule has 0 bridgehead atoms. The van der Waals surface area contributed by atoms with E-state index in [2.05, 4.69) is 20.8 Å². The summed E-state index contributed by atoms with van der Waals surface area (Å²) in [7, 11) is 0. The number of fused-ring (bicyclic) bond motifs is 2. The van der Waals surface area contributed by atoms with Gasteiger partial charge in [-0.1, -0.05) is 12.1 Å². The molecule has 2 amide bonds. The van der Waals surface area contributed by atoms with Crippen LogP contribution < -0.4 is 10.6 Å². The molecule has 7 heteroatoms. The second-order valence-corrected chi connectivity index (χ2v) is 7.32. The molecule has 4 rings (SSSR count). The van der Waals surface area contributed by atoms with Crippen molar-refractivity contribution in [1.29, 1.82) is 0 Å². The highest BCUT2D eigenvalue weighted by molar-refractivity contribution is 7.99. The minimum atomic E-state index is -0.213. The fraction of sp³-hybridized carbons (Fsp3) is 0.412. The lowest BCUT2D eigenvalue weighted by atomic mass is 9.94. The van der Waals surface area contributed by atoms with Crippen LogP contribution in [0.25, 0.3) is 0 Å². The second kappa shape index (κ2) is 6.47. The van der Waals surface area contributed by atoms with Crippen LogP contribution in [0.3, 0.4) is 0 Å². The molecule has 2 atom stereocenters. The molecule has 1 aromatic heterocycles. The quantitative estimate of drug-likeness (QED) is 0.780. The van der Waals surface area contributed by atoms with E-state index in [1.807, 2.05) is 12.3 Å². The summed E-state index contributed by atoms with van der Waals surface area (Å²) in [5.41, 5.74) is 3.04. The van der Waals surface area contributed by atoms with Crippen LogP contribution in [0.15, 0.2) is 29.3 Å². The van der Waals surface area contributed by atoms with Crippen LogP contribution in [0, 0.1) is 5.82 Å². The number of aromatic amines is 1. The van der Waals surface area contributed by atoms with E-state index in [0.717, 1.165) is 42.7 Å². The predicted molar refractivity (Wildman–Crippen MR) is 90.4 cm³/mol. The number of nitrogens with one attached hydrogen (secondary N) is 3. The lowest BCUT2D eigenvalue weighted by molar-refractivity contribution is 0.230. The third kappa shape index (κ3) is 2.88. The summed E-state index contributed by atoms with van der Waals surface area (Å²) in [6, 6.07) is 4.65. The van der Waals surface area contributed by atoms with Crippen molar-refractivity contribution < 1.29 is 9.18 Å². The Balaban J connectivity index is 1.46. The fourth-order valence-electron chi connectivity index (χ4n) is 3.50. The molecular weight excluding hydrogens is 327 g/mol. The van der Waals surface area contributed by atoms with Gasteiger partial charge in [-0.3, -0.25) is 5.10 Å². The summed E-state index contributed by atoms with van der Waals surface area (Å²) >= 11 is 1.51. The van der Waals surface area contributed by atoms with Gasteiger partial charge in [0.15, 0.2) is 0 Å². The second-order valence-electron chi connectivity index (χ2n) is 6.22. The summed E-state index contributed by atoms with van der Waals surface area (Å²) in [6.45, 7) is 0. The molecule has 0 radical (unpaired) electrons. The highest BCUT2D eigenvalue weighted by Gasteiger charge is 2.27. The Bertz CT molecular complexity index is 763. The number of halogens is 1. The number of nitrogens with zero attached hydrogens (tertiary/aromatic N) is 1. The number of hydrogen-bond acceptors (Lipinski definition) is 3. The monoisotopic (exact) mass is 346 g/mol. The largest absolute Gasteiger partial charge is 0.331 e. The zero-order chi connectivity index (χ0) is 16.5. The van der Waals surface area contributed by atoms with Gasteiger partial charge in [-0.15, -0.1) is 11.8 Å². The van der Waals surface area contributed by atoms with E-state index in [-0.39, 0.29) is 23.9 Å². The number of rotatable bonds is 2. The van der Waals surface area contributed by atoms with E-state index in [9.17, 15) is 9.18 Å². The van der Waals surface area contributed by atoms with Gasteiger partial charge in [-0.05, 0) is 42.9 Å². The number of H-pyrrole nitrogens is 1. The third-order valence-electron chi connectivity index (χ3n) is 4.68. The first kappa shape index (κ1) is 15.5. The van der Waals surface area contributed by atoms with Gasteiger partial charge >= 0.3 is 6.03 Å². The maximum Gasteiger partial charge on any atom is 0.315 e. The highest BCUT2D eigenvalue weighted by Crippen LogP contribution is 2.37. The molecule has 0 unspecified atom stereocenters. The Labute approximate surface area is 143 Å². The number of aromatic nitrogens is 2. The zero-order valence-electron chi connectivity index (χ0n) is 13.1. The normalized spacial score (nSPS) is 22.4. The van der Waals surface area contributed by atoms with Gasteiger partial charge in [0.2, 0.25) is 0 Å². The van der Waals surface area contributed by atoms with Crippen molar-refractivity contribution in [3.8, 4) is 0 Å². The van der Waals surface area contributed by atoms with Crippen molar-refractivity contribution in [2.24, 2.45) is 0 Å². The Morgan fingerprint density at radius 2 is 2.17 bits per heavy atom. The van der Waals surface area contributed by atoms with Gasteiger partial charge in [0.05, 0.1) is 24.0 Å². The Hall–Kier alpha value is -2.02. The van der Waals surface area contributed by atoms with Crippen LogP contribution in [0.1, 0.15) is 48.2 Å². The molecule has 0 saturated carbocycles. The fourth-order valence-corrected chi connectivity index (χ4v) is 4.64. The van der Waals surface area contributed by atoms with Crippen molar-refractivity contribution in [3.05, 3.63) is 47.0 Å². The van der Waals surface area contributed by atoms with Gasteiger partial charge in [0, 0.05) is 10.6 Å². The van der Waals surface area contributed by atoms with Crippen LogP contribution in [0.4, 0.5) is 9.18 Å². The van der Waals surface area contributed by atoms with Crippen LogP contribution in [0.5, 0.6) is 0 Å². The maximum atomic E-state index is 13.9. The van der Waals surface area contributed by atoms with Crippen LogP contribution in [0.2, 0.25) is 0 Å². The van der Waals surface area contributed by atoms with Gasteiger partial charge in [-0.25, -0.2) is 9.18 Å². The van der Waals surface area contributed by atoms with Crippen molar-refractivity contribution in [1.82, 2.24) is 20.8 Å². The van der Waals surface area contributed by atoms with E-state index >= 15 is 0 Å².